The Bertz CT molecular complexity index is 496. The molecule has 0 radical (unpaired) electrons. The summed E-state index contributed by atoms with van der Waals surface area (Å²) < 4.78 is 0. The highest BCUT2D eigenvalue weighted by molar-refractivity contribution is 9.09. The first-order chi connectivity index (χ1) is 9.91. The predicted molar refractivity (Wildman–Crippen MR) is 95.2 cm³/mol. The van der Waals surface area contributed by atoms with E-state index in [9.17, 15) is 0 Å². The van der Waals surface area contributed by atoms with Crippen LogP contribution < -0.4 is 0 Å². The maximum atomic E-state index is 4.13. The second-order valence-corrected chi connectivity index (χ2v) is 11.0. The standard InChI is InChI=1S/C19H27BrS/c1-19(2,3)16-5-4-15(21-16)18(20)17-13-7-11-6-12(9-13)10-14(17)8-11/h4-5,11-14,17-18H,6-10H2,1-3H3. The third kappa shape index (κ3) is 2.55. The molecule has 2 heteroatoms. The molecule has 4 bridgehead atoms. The first-order valence-electron chi connectivity index (χ1n) is 8.66. The summed E-state index contributed by atoms with van der Waals surface area (Å²) in [4.78, 5) is 3.72. The van der Waals surface area contributed by atoms with Crippen molar-refractivity contribution in [3.05, 3.63) is 21.9 Å². The van der Waals surface area contributed by atoms with Crippen molar-refractivity contribution in [2.24, 2.45) is 29.6 Å². The fraction of sp³-hybridized carbons (Fsp3) is 0.789. The molecule has 0 N–H and O–H groups in total. The van der Waals surface area contributed by atoms with Crippen LogP contribution in [0.5, 0.6) is 0 Å². The molecule has 4 aliphatic rings. The second kappa shape index (κ2) is 5.09. The Kier molecular flexibility index (Phi) is 3.58. The zero-order valence-corrected chi connectivity index (χ0v) is 15.8. The molecule has 1 aromatic heterocycles. The van der Waals surface area contributed by atoms with E-state index in [-0.39, 0.29) is 0 Å². The van der Waals surface area contributed by atoms with Crippen molar-refractivity contribution in [1.29, 1.82) is 0 Å². The zero-order chi connectivity index (χ0) is 14.8. The molecule has 0 saturated heterocycles. The molecule has 0 aliphatic heterocycles. The molecule has 0 nitrogen and oxygen atoms in total. The number of halogens is 1. The van der Waals surface area contributed by atoms with Crippen LogP contribution in [-0.4, -0.2) is 0 Å². The maximum absolute atomic E-state index is 4.13. The average Bonchev–Trinajstić information content (AvgIpc) is 2.86. The highest BCUT2D eigenvalue weighted by Crippen LogP contribution is 2.61. The molecule has 21 heavy (non-hydrogen) atoms. The Hall–Kier alpha value is 0.180. The molecule has 0 amide bonds. The molecule has 0 spiro atoms. The molecule has 4 aliphatic carbocycles. The van der Waals surface area contributed by atoms with Crippen LogP contribution in [0.1, 0.15) is 67.5 Å². The van der Waals surface area contributed by atoms with Gasteiger partial charge in [-0.05, 0) is 79.2 Å². The molecule has 1 atom stereocenters. The fourth-order valence-corrected chi connectivity index (χ4v) is 7.94. The molecule has 4 fully saturated rings. The van der Waals surface area contributed by atoms with Gasteiger partial charge in [0, 0.05) is 9.75 Å². The fourth-order valence-electron chi connectivity index (χ4n) is 5.54. The van der Waals surface area contributed by atoms with Gasteiger partial charge in [-0.15, -0.1) is 11.3 Å². The van der Waals surface area contributed by atoms with Gasteiger partial charge < -0.3 is 0 Å². The number of hydrogen-bond donors (Lipinski definition) is 0. The predicted octanol–water partition coefficient (Wildman–Crippen LogP) is 6.55. The SMILES string of the molecule is CC(C)(C)c1ccc(C(Br)C2C3CC4CC(C3)CC2C4)s1. The molecular formula is C19H27BrS. The summed E-state index contributed by atoms with van der Waals surface area (Å²) in [6.45, 7) is 6.98. The summed E-state index contributed by atoms with van der Waals surface area (Å²) in [6.07, 6.45) is 7.66. The molecule has 116 valence electrons. The van der Waals surface area contributed by atoms with Gasteiger partial charge in [-0.25, -0.2) is 0 Å². The van der Waals surface area contributed by atoms with Crippen LogP contribution in [0.4, 0.5) is 0 Å². The Morgan fingerprint density at radius 1 is 1.00 bits per heavy atom. The van der Waals surface area contributed by atoms with E-state index in [1.807, 2.05) is 11.3 Å². The van der Waals surface area contributed by atoms with Gasteiger partial charge in [0.15, 0.2) is 0 Å². The lowest BCUT2D eigenvalue weighted by atomic mass is 9.51. The Balaban J connectivity index is 1.57. The monoisotopic (exact) mass is 366 g/mol. The Labute approximate surface area is 141 Å². The van der Waals surface area contributed by atoms with Crippen LogP contribution in [0, 0.1) is 29.6 Å². The lowest BCUT2D eigenvalue weighted by molar-refractivity contribution is -0.0361. The third-order valence-electron chi connectivity index (χ3n) is 6.28. The van der Waals surface area contributed by atoms with Crippen molar-refractivity contribution in [3.63, 3.8) is 0 Å². The van der Waals surface area contributed by atoms with E-state index in [2.05, 4.69) is 48.8 Å². The quantitative estimate of drug-likeness (QED) is 0.520. The van der Waals surface area contributed by atoms with Crippen molar-refractivity contribution in [1.82, 2.24) is 0 Å². The number of rotatable bonds is 2. The lowest BCUT2D eigenvalue weighted by Gasteiger charge is -2.55. The van der Waals surface area contributed by atoms with Crippen molar-refractivity contribution < 1.29 is 0 Å². The first-order valence-corrected chi connectivity index (χ1v) is 10.4. The van der Waals surface area contributed by atoms with Gasteiger partial charge in [0.1, 0.15) is 0 Å². The van der Waals surface area contributed by atoms with Crippen LogP contribution in [-0.2, 0) is 5.41 Å². The minimum atomic E-state index is 0.291. The van der Waals surface area contributed by atoms with E-state index in [1.54, 1.807) is 11.3 Å². The van der Waals surface area contributed by atoms with Crippen LogP contribution in [0.25, 0.3) is 0 Å². The Morgan fingerprint density at radius 2 is 1.57 bits per heavy atom. The second-order valence-electron chi connectivity index (χ2n) is 8.86. The van der Waals surface area contributed by atoms with Crippen molar-refractivity contribution in [2.45, 2.75) is 63.1 Å². The summed E-state index contributed by atoms with van der Waals surface area (Å²) in [7, 11) is 0. The minimum Gasteiger partial charge on any atom is -0.144 e. The van der Waals surface area contributed by atoms with E-state index in [1.165, 1.54) is 30.6 Å². The average molecular weight is 367 g/mol. The summed E-state index contributed by atoms with van der Waals surface area (Å²) in [6, 6.07) is 4.76. The van der Waals surface area contributed by atoms with Crippen molar-refractivity contribution >= 4 is 27.3 Å². The van der Waals surface area contributed by atoms with Crippen LogP contribution >= 0.6 is 27.3 Å². The first kappa shape index (κ1) is 14.8. The molecular weight excluding hydrogens is 340 g/mol. The topological polar surface area (TPSA) is 0 Å². The van der Waals surface area contributed by atoms with E-state index in [0.717, 1.165) is 29.6 Å². The normalized spacial score (nSPS) is 39.7. The van der Waals surface area contributed by atoms with Gasteiger partial charge in [0.2, 0.25) is 0 Å². The van der Waals surface area contributed by atoms with Gasteiger partial charge in [-0.1, -0.05) is 36.7 Å². The molecule has 1 unspecified atom stereocenters. The third-order valence-corrected chi connectivity index (χ3v) is 9.28. The van der Waals surface area contributed by atoms with Gasteiger partial charge in [0.25, 0.3) is 0 Å². The van der Waals surface area contributed by atoms with Gasteiger partial charge in [-0.2, -0.15) is 0 Å². The summed E-state index contributed by atoms with van der Waals surface area (Å²) in [5, 5.41) is 0. The largest absolute Gasteiger partial charge is 0.144 e. The summed E-state index contributed by atoms with van der Waals surface area (Å²) in [5.41, 5.74) is 0.291. The number of alkyl halides is 1. The van der Waals surface area contributed by atoms with Crippen LogP contribution in [0.15, 0.2) is 12.1 Å². The van der Waals surface area contributed by atoms with Gasteiger partial charge in [-0.3, -0.25) is 0 Å². The highest BCUT2D eigenvalue weighted by atomic mass is 79.9. The van der Waals surface area contributed by atoms with Crippen LogP contribution in [0.3, 0.4) is 0 Å². The van der Waals surface area contributed by atoms with E-state index >= 15 is 0 Å². The van der Waals surface area contributed by atoms with E-state index in [4.69, 9.17) is 0 Å². The van der Waals surface area contributed by atoms with Crippen LogP contribution in [0.2, 0.25) is 0 Å². The van der Waals surface area contributed by atoms with Crippen molar-refractivity contribution in [3.8, 4) is 0 Å². The number of thiophene rings is 1. The van der Waals surface area contributed by atoms with Crippen molar-refractivity contribution in [2.75, 3.05) is 0 Å². The maximum Gasteiger partial charge on any atom is 0.0522 e. The van der Waals surface area contributed by atoms with E-state index in [0.29, 0.717) is 10.2 Å². The highest BCUT2D eigenvalue weighted by Gasteiger charge is 2.50. The van der Waals surface area contributed by atoms with E-state index < -0.39 is 0 Å². The summed E-state index contributed by atoms with van der Waals surface area (Å²) >= 11 is 6.17. The lowest BCUT2D eigenvalue weighted by Crippen LogP contribution is -2.46. The smallest absolute Gasteiger partial charge is 0.0522 e. The van der Waals surface area contributed by atoms with Gasteiger partial charge in [0.05, 0.1) is 4.83 Å². The minimum absolute atomic E-state index is 0.291. The summed E-state index contributed by atoms with van der Waals surface area (Å²) in [5.74, 6) is 5.08. The number of hydrogen-bond acceptors (Lipinski definition) is 1. The molecule has 0 aromatic carbocycles. The Morgan fingerprint density at radius 3 is 2.05 bits per heavy atom. The molecule has 5 rings (SSSR count). The molecule has 1 aromatic rings. The van der Waals surface area contributed by atoms with Gasteiger partial charge >= 0.3 is 0 Å². The molecule has 1 heterocycles. The molecule has 4 saturated carbocycles. The zero-order valence-electron chi connectivity index (χ0n) is 13.4.